The molecule has 0 aliphatic carbocycles. The fraction of sp³-hybridized carbons (Fsp3) is 0.346. The van der Waals surface area contributed by atoms with Crippen LogP contribution in [0.15, 0.2) is 41.9 Å². The first kappa shape index (κ1) is 24.5. The zero-order chi connectivity index (χ0) is 25.5. The highest BCUT2D eigenvalue weighted by molar-refractivity contribution is 7.15. The predicted molar refractivity (Wildman–Crippen MR) is 138 cm³/mol. The number of nitrogens with zero attached hydrogens (tertiary/aromatic N) is 4. The molecule has 1 aliphatic rings. The van der Waals surface area contributed by atoms with Gasteiger partial charge in [0.25, 0.3) is 0 Å². The summed E-state index contributed by atoms with van der Waals surface area (Å²) in [7, 11) is 0. The van der Waals surface area contributed by atoms with E-state index in [2.05, 4.69) is 35.9 Å². The van der Waals surface area contributed by atoms with Crippen molar-refractivity contribution in [2.75, 3.05) is 5.32 Å². The largest absolute Gasteiger partial charge is 0.460 e. The van der Waals surface area contributed by atoms with Crippen LogP contribution in [0.2, 0.25) is 0 Å². The Balaban J connectivity index is 1.85. The van der Waals surface area contributed by atoms with Crippen molar-refractivity contribution in [1.82, 2.24) is 14.8 Å². The molecule has 35 heavy (non-hydrogen) atoms. The highest BCUT2D eigenvalue weighted by atomic mass is 32.1. The van der Waals surface area contributed by atoms with Crippen LogP contribution >= 0.6 is 11.3 Å². The molecule has 0 saturated heterocycles. The first-order valence-electron chi connectivity index (χ1n) is 11.3. The smallest absolute Gasteiger partial charge is 0.308 e. The topological polar surface area (TPSA) is 98.5 Å². The van der Waals surface area contributed by atoms with Crippen molar-refractivity contribution >= 4 is 34.6 Å². The number of amides is 1. The molecule has 3 heterocycles. The van der Waals surface area contributed by atoms with Gasteiger partial charge in [0, 0.05) is 21.7 Å². The van der Waals surface area contributed by atoms with E-state index in [0.29, 0.717) is 11.5 Å². The van der Waals surface area contributed by atoms with Gasteiger partial charge in [0.1, 0.15) is 22.5 Å². The van der Waals surface area contributed by atoms with Gasteiger partial charge in [-0.2, -0.15) is 0 Å². The number of fused-ring (bicyclic) bond motifs is 3. The van der Waals surface area contributed by atoms with Crippen molar-refractivity contribution in [2.45, 2.75) is 59.6 Å². The normalized spacial score (nSPS) is 14.9. The number of rotatable bonds is 5. The lowest BCUT2D eigenvalue weighted by Crippen LogP contribution is -2.25. The summed E-state index contributed by atoms with van der Waals surface area (Å²) in [5.74, 6) is 0.719. The van der Waals surface area contributed by atoms with Crippen LogP contribution in [0.3, 0.4) is 0 Å². The maximum atomic E-state index is 12.8. The zero-order valence-corrected chi connectivity index (χ0v) is 21.6. The summed E-state index contributed by atoms with van der Waals surface area (Å²) in [6.07, 6.45) is 1.27. The van der Waals surface area contributed by atoms with Crippen LogP contribution in [0.25, 0.3) is 5.00 Å². The summed E-state index contributed by atoms with van der Waals surface area (Å²) in [4.78, 5) is 30.8. The quantitative estimate of drug-likeness (QED) is 0.400. The number of benzene rings is 1. The molecule has 0 radical (unpaired) electrons. The summed E-state index contributed by atoms with van der Waals surface area (Å²) in [6.45, 7) is 15.1. The van der Waals surface area contributed by atoms with E-state index in [9.17, 15) is 9.59 Å². The number of aryl methyl sites for hydroxylation is 2. The molecule has 1 N–H and O–H groups in total. The lowest BCUT2D eigenvalue weighted by atomic mass is 9.99. The second-order valence-electron chi connectivity index (χ2n) is 9.46. The van der Waals surface area contributed by atoms with Crippen molar-refractivity contribution < 1.29 is 14.3 Å². The van der Waals surface area contributed by atoms with E-state index in [0.717, 1.165) is 33.2 Å². The third-order valence-corrected chi connectivity index (χ3v) is 6.82. The second-order valence-corrected chi connectivity index (χ2v) is 10.7. The SMILES string of the molecule is C=CC(=O)Nc1ccc(C2=N[C@@H](CC(=O)OC(C)(C)C)c3nnc(C)n3-c3sc(C)c(C)c32)cc1. The third kappa shape index (κ3) is 4.95. The van der Waals surface area contributed by atoms with Crippen LogP contribution < -0.4 is 5.32 Å². The Kier molecular flexibility index (Phi) is 6.46. The van der Waals surface area contributed by atoms with Crippen LogP contribution in [0.4, 0.5) is 5.69 Å². The molecule has 9 heteroatoms. The number of carbonyl (C=O) groups excluding carboxylic acids is 2. The van der Waals surface area contributed by atoms with Gasteiger partial charge >= 0.3 is 5.97 Å². The van der Waals surface area contributed by atoms with Crippen LogP contribution in [0.5, 0.6) is 0 Å². The minimum absolute atomic E-state index is 0.0410. The average molecular weight is 492 g/mol. The number of esters is 1. The first-order chi connectivity index (χ1) is 16.5. The number of anilines is 1. The Morgan fingerprint density at radius 3 is 2.49 bits per heavy atom. The van der Waals surface area contributed by atoms with Crippen molar-refractivity contribution in [1.29, 1.82) is 0 Å². The number of hydrogen-bond donors (Lipinski definition) is 1. The number of aromatic nitrogens is 3. The van der Waals surface area contributed by atoms with E-state index in [-0.39, 0.29) is 18.3 Å². The monoisotopic (exact) mass is 491 g/mol. The molecule has 1 aliphatic heterocycles. The molecule has 8 nitrogen and oxygen atoms in total. The number of thiophene rings is 1. The number of ether oxygens (including phenoxy) is 1. The van der Waals surface area contributed by atoms with Gasteiger partial charge in [0.15, 0.2) is 5.82 Å². The Bertz CT molecular complexity index is 1340. The molecule has 3 aromatic rings. The molecule has 0 fully saturated rings. The molecule has 0 spiro atoms. The van der Waals surface area contributed by atoms with E-state index in [4.69, 9.17) is 9.73 Å². The van der Waals surface area contributed by atoms with E-state index in [1.807, 2.05) is 56.5 Å². The third-order valence-electron chi connectivity index (χ3n) is 5.63. The minimum Gasteiger partial charge on any atom is -0.460 e. The molecule has 0 bridgehead atoms. The maximum absolute atomic E-state index is 12.8. The molecule has 0 unspecified atom stereocenters. The standard InChI is InChI=1S/C26H29N5O3S/c1-8-20(32)27-18-11-9-17(10-12-18)23-22-14(2)15(3)35-25(22)31-16(4)29-30-24(31)19(28-23)13-21(33)34-26(5,6)7/h8-12,19H,1,13H2,2-7H3,(H,27,32)/t19-/m0/s1. The summed E-state index contributed by atoms with van der Waals surface area (Å²) in [6, 6.07) is 6.91. The van der Waals surface area contributed by atoms with Gasteiger partial charge in [-0.05, 0) is 65.3 Å². The number of hydrogen-bond acceptors (Lipinski definition) is 7. The summed E-state index contributed by atoms with van der Waals surface area (Å²) in [5, 5.41) is 12.5. The number of aliphatic imine (C=N–C) groups is 1. The Morgan fingerprint density at radius 1 is 1.17 bits per heavy atom. The lowest BCUT2D eigenvalue weighted by Gasteiger charge is -2.21. The first-order valence-corrected chi connectivity index (χ1v) is 12.2. The highest BCUT2D eigenvalue weighted by Crippen LogP contribution is 2.39. The molecule has 2 aromatic heterocycles. The summed E-state index contributed by atoms with van der Waals surface area (Å²) in [5.41, 5.74) is 3.80. The van der Waals surface area contributed by atoms with Gasteiger partial charge in [0.05, 0.1) is 12.1 Å². The van der Waals surface area contributed by atoms with Crippen molar-refractivity contribution in [3.63, 3.8) is 0 Å². The van der Waals surface area contributed by atoms with E-state index < -0.39 is 11.6 Å². The predicted octanol–water partition coefficient (Wildman–Crippen LogP) is 5.00. The molecule has 4 rings (SSSR count). The minimum atomic E-state index is -0.601. The Morgan fingerprint density at radius 2 is 1.86 bits per heavy atom. The zero-order valence-electron chi connectivity index (χ0n) is 20.8. The van der Waals surface area contributed by atoms with Crippen LogP contribution in [-0.2, 0) is 14.3 Å². The molecular formula is C26H29N5O3S. The van der Waals surface area contributed by atoms with Crippen molar-refractivity contribution in [2.24, 2.45) is 4.99 Å². The van der Waals surface area contributed by atoms with Gasteiger partial charge in [-0.3, -0.25) is 19.1 Å². The summed E-state index contributed by atoms with van der Waals surface area (Å²) < 4.78 is 7.60. The van der Waals surface area contributed by atoms with Crippen molar-refractivity contribution in [3.05, 3.63) is 70.1 Å². The number of carbonyl (C=O) groups is 2. The fourth-order valence-corrected chi connectivity index (χ4v) is 5.18. The van der Waals surface area contributed by atoms with E-state index >= 15 is 0 Å². The van der Waals surface area contributed by atoms with E-state index in [1.165, 1.54) is 11.0 Å². The molecule has 0 saturated carbocycles. The van der Waals surface area contributed by atoms with Crippen LogP contribution in [0, 0.1) is 20.8 Å². The van der Waals surface area contributed by atoms with Crippen molar-refractivity contribution in [3.8, 4) is 5.00 Å². The van der Waals surface area contributed by atoms with Gasteiger partial charge < -0.3 is 10.1 Å². The lowest BCUT2D eigenvalue weighted by molar-refractivity contribution is -0.155. The van der Waals surface area contributed by atoms with Gasteiger partial charge in [0.2, 0.25) is 5.91 Å². The maximum Gasteiger partial charge on any atom is 0.308 e. The molecule has 1 amide bonds. The molecular weight excluding hydrogens is 462 g/mol. The average Bonchev–Trinajstić information content (AvgIpc) is 3.25. The second kappa shape index (κ2) is 9.22. The number of nitrogens with one attached hydrogen (secondary N) is 1. The molecule has 1 aromatic carbocycles. The van der Waals surface area contributed by atoms with Gasteiger partial charge in [-0.1, -0.05) is 18.7 Å². The highest BCUT2D eigenvalue weighted by Gasteiger charge is 2.33. The van der Waals surface area contributed by atoms with Crippen LogP contribution in [0.1, 0.15) is 66.5 Å². The molecule has 1 atom stereocenters. The summed E-state index contributed by atoms with van der Waals surface area (Å²) >= 11 is 1.65. The van der Waals surface area contributed by atoms with Crippen LogP contribution in [-0.4, -0.2) is 38.0 Å². The van der Waals surface area contributed by atoms with E-state index in [1.54, 1.807) is 11.3 Å². The molecule has 182 valence electrons. The Labute approximate surface area is 208 Å². The fourth-order valence-electron chi connectivity index (χ4n) is 3.97. The van der Waals surface area contributed by atoms with Gasteiger partial charge in [-0.15, -0.1) is 21.5 Å². The van der Waals surface area contributed by atoms with Gasteiger partial charge in [-0.25, -0.2) is 0 Å². The Hall–Kier alpha value is -3.59.